The van der Waals surface area contributed by atoms with Gasteiger partial charge in [0.25, 0.3) is 0 Å². The van der Waals surface area contributed by atoms with E-state index in [4.69, 9.17) is 0 Å². The van der Waals surface area contributed by atoms with Gasteiger partial charge in [-0.3, -0.25) is 4.79 Å². The molecule has 0 aliphatic heterocycles. The zero-order chi connectivity index (χ0) is 15.4. The van der Waals surface area contributed by atoms with E-state index in [9.17, 15) is 9.18 Å². The second-order valence-corrected chi connectivity index (χ2v) is 5.19. The predicted molar refractivity (Wildman–Crippen MR) is 84.0 cm³/mol. The first-order valence-corrected chi connectivity index (χ1v) is 6.86. The van der Waals surface area contributed by atoms with Gasteiger partial charge < -0.3 is 10.6 Å². The Morgan fingerprint density at radius 3 is 2.52 bits per heavy atom. The van der Waals surface area contributed by atoms with Gasteiger partial charge in [0, 0.05) is 11.4 Å². The van der Waals surface area contributed by atoms with Crippen LogP contribution in [-0.2, 0) is 4.79 Å². The second kappa shape index (κ2) is 6.39. The third-order valence-corrected chi connectivity index (χ3v) is 3.23. The summed E-state index contributed by atoms with van der Waals surface area (Å²) in [6, 6.07) is 12.0. The molecule has 1 atom stereocenters. The minimum absolute atomic E-state index is 0.209. The van der Waals surface area contributed by atoms with E-state index in [1.54, 1.807) is 26.0 Å². The van der Waals surface area contributed by atoms with Gasteiger partial charge in [0.2, 0.25) is 5.91 Å². The molecule has 0 radical (unpaired) electrons. The first-order chi connectivity index (χ1) is 9.95. The quantitative estimate of drug-likeness (QED) is 0.895. The Balaban J connectivity index is 2.00. The molecule has 0 aliphatic rings. The van der Waals surface area contributed by atoms with E-state index in [1.165, 1.54) is 6.07 Å². The highest BCUT2D eigenvalue weighted by molar-refractivity contribution is 5.96. The minimum Gasteiger partial charge on any atom is -0.374 e. The minimum atomic E-state index is -0.420. The van der Waals surface area contributed by atoms with Crippen LogP contribution < -0.4 is 10.6 Å². The van der Waals surface area contributed by atoms with Crippen LogP contribution >= 0.6 is 0 Å². The van der Waals surface area contributed by atoms with Crippen LogP contribution in [0.5, 0.6) is 0 Å². The van der Waals surface area contributed by atoms with Crippen LogP contribution in [0.2, 0.25) is 0 Å². The van der Waals surface area contributed by atoms with Crippen molar-refractivity contribution in [1.82, 2.24) is 0 Å². The van der Waals surface area contributed by atoms with E-state index in [-0.39, 0.29) is 11.7 Å². The smallest absolute Gasteiger partial charge is 0.246 e. The monoisotopic (exact) mass is 286 g/mol. The van der Waals surface area contributed by atoms with E-state index >= 15 is 0 Å². The summed E-state index contributed by atoms with van der Waals surface area (Å²) in [5.74, 6) is -0.535. The zero-order valence-electron chi connectivity index (χ0n) is 12.4. The molecular weight excluding hydrogens is 267 g/mol. The van der Waals surface area contributed by atoms with Gasteiger partial charge in [-0.2, -0.15) is 0 Å². The molecule has 2 aromatic rings. The molecule has 110 valence electrons. The molecule has 2 aromatic carbocycles. The maximum atomic E-state index is 13.5. The predicted octanol–water partition coefficient (Wildman–Crippen LogP) is 3.88. The van der Waals surface area contributed by atoms with Gasteiger partial charge in [0.15, 0.2) is 0 Å². The first kappa shape index (κ1) is 15.0. The highest BCUT2D eigenvalue weighted by Crippen LogP contribution is 2.15. The van der Waals surface area contributed by atoms with Crippen molar-refractivity contribution in [3.8, 4) is 0 Å². The molecule has 2 rings (SSSR count). The van der Waals surface area contributed by atoms with Gasteiger partial charge in [-0.25, -0.2) is 4.39 Å². The number of nitrogens with one attached hydrogen (secondary N) is 2. The lowest BCUT2D eigenvalue weighted by atomic mass is 10.2. The molecule has 0 aliphatic carbocycles. The van der Waals surface area contributed by atoms with Gasteiger partial charge in [0.05, 0.1) is 0 Å². The van der Waals surface area contributed by atoms with E-state index in [1.807, 2.05) is 31.2 Å². The molecule has 21 heavy (non-hydrogen) atoms. The van der Waals surface area contributed by atoms with Crippen molar-refractivity contribution in [2.75, 3.05) is 10.6 Å². The van der Waals surface area contributed by atoms with Crippen molar-refractivity contribution in [3.05, 3.63) is 59.4 Å². The number of carbonyl (C=O) groups excluding carboxylic acids is 1. The summed E-state index contributed by atoms with van der Waals surface area (Å²) in [5.41, 5.74) is 3.01. The number of carbonyl (C=O) groups is 1. The third kappa shape index (κ3) is 4.05. The molecule has 2 N–H and O–H groups in total. The van der Waals surface area contributed by atoms with Crippen molar-refractivity contribution < 1.29 is 9.18 Å². The fourth-order valence-electron chi connectivity index (χ4n) is 1.97. The summed E-state index contributed by atoms with van der Waals surface area (Å²) in [5, 5.41) is 5.83. The fraction of sp³-hybridized carbons (Fsp3) is 0.235. The van der Waals surface area contributed by atoms with E-state index in [0.717, 1.165) is 11.3 Å². The first-order valence-electron chi connectivity index (χ1n) is 6.86. The molecule has 1 amide bonds. The molecule has 4 heteroatoms. The SMILES string of the molecule is Cc1cccc(NC(C)C(=O)Nc2ccc(C)c(F)c2)c1. The Kier molecular flexibility index (Phi) is 4.58. The summed E-state index contributed by atoms with van der Waals surface area (Å²) in [6.07, 6.45) is 0. The zero-order valence-corrected chi connectivity index (χ0v) is 12.4. The topological polar surface area (TPSA) is 41.1 Å². The van der Waals surface area contributed by atoms with Crippen LogP contribution in [0.3, 0.4) is 0 Å². The number of hydrogen-bond acceptors (Lipinski definition) is 2. The Morgan fingerprint density at radius 2 is 1.86 bits per heavy atom. The van der Waals surface area contributed by atoms with Crippen molar-refractivity contribution in [2.24, 2.45) is 0 Å². The standard InChI is InChI=1S/C17H19FN2O/c1-11-5-4-6-14(9-11)19-13(3)17(21)20-15-8-7-12(2)16(18)10-15/h4-10,13,19H,1-3H3,(H,20,21). The molecule has 1 unspecified atom stereocenters. The molecule has 0 aromatic heterocycles. The maximum Gasteiger partial charge on any atom is 0.246 e. The Hall–Kier alpha value is -2.36. The summed E-state index contributed by atoms with van der Waals surface area (Å²) in [4.78, 5) is 12.1. The molecule has 0 spiro atoms. The lowest BCUT2D eigenvalue weighted by molar-refractivity contribution is -0.116. The summed E-state index contributed by atoms with van der Waals surface area (Å²) in [7, 11) is 0. The van der Waals surface area contributed by atoms with Gasteiger partial charge in [-0.1, -0.05) is 18.2 Å². The molecular formula is C17H19FN2O. The Labute approximate surface area is 124 Å². The van der Waals surface area contributed by atoms with Crippen molar-refractivity contribution in [2.45, 2.75) is 26.8 Å². The molecule has 0 heterocycles. The number of benzene rings is 2. The highest BCUT2D eigenvalue weighted by Gasteiger charge is 2.13. The number of rotatable bonds is 4. The van der Waals surface area contributed by atoms with Crippen LogP contribution in [0.25, 0.3) is 0 Å². The molecule has 0 saturated heterocycles. The second-order valence-electron chi connectivity index (χ2n) is 5.19. The van der Waals surface area contributed by atoms with Crippen LogP contribution in [0, 0.1) is 19.7 Å². The molecule has 3 nitrogen and oxygen atoms in total. The van der Waals surface area contributed by atoms with Gasteiger partial charge in [-0.15, -0.1) is 0 Å². The van der Waals surface area contributed by atoms with E-state index in [0.29, 0.717) is 11.3 Å². The van der Waals surface area contributed by atoms with Crippen molar-refractivity contribution in [1.29, 1.82) is 0 Å². The van der Waals surface area contributed by atoms with Crippen LogP contribution in [0.15, 0.2) is 42.5 Å². The van der Waals surface area contributed by atoms with Gasteiger partial charge in [0.1, 0.15) is 11.9 Å². The summed E-state index contributed by atoms with van der Waals surface area (Å²) in [6.45, 7) is 5.44. The van der Waals surface area contributed by atoms with Crippen molar-refractivity contribution in [3.63, 3.8) is 0 Å². The third-order valence-electron chi connectivity index (χ3n) is 3.23. The lowest BCUT2D eigenvalue weighted by Gasteiger charge is -2.16. The highest BCUT2D eigenvalue weighted by atomic mass is 19.1. The largest absolute Gasteiger partial charge is 0.374 e. The van der Waals surface area contributed by atoms with E-state index in [2.05, 4.69) is 10.6 Å². The Morgan fingerprint density at radius 1 is 1.10 bits per heavy atom. The molecule has 0 saturated carbocycles. The van der Waals surface area contributed by atoms with Gasteiger partial charge in [-0.05, 0) is 56.2 Å². The molecule has 0 fully saturated rings. The van der Waals surface area contributed by atoms with Crippen LogP contribution in [0.4, 0.5) is 15.8 Å². The number of aryl methyl sites for hydroxylation is 2. The molecule has 0 bridgehead atoms. The number of halogens is 1. The van der Waals surface area contributed by atoms with Crippen molar-refractivity contribution >= 4 is 17.3 Å². The Bertz CT molecular complexity index is 655. The van der Waals surface area contributed by atoms with Crippen LogP contribution in [-0.4, -0.2) is 11.9 Å². The number of hydrogen-bond donors (Lipinski definition) is 2. The summed E-state index contributed by atoms with van der Waals surface area (Å²) < 4.78 is 13.5. The van der Waals surface area contributed by atoms with Gasteiger partial charge >= 0.3 is 0 Å². The average Bonchev–Trinajstić information content (AvgIpc) is 2.43. The number of amides is 1. The summed E-state index contributed by atoms with van der Waals surface area (Å²) >= 11 is 0. The average molecular weight is 286 g/mol. The number of anilines is 2. The normalized spacial score (nSPS) is 11.8. The fourth-order valence-corrected chi connectivity index (χ4v) is 1.97. The lowest BCUT2D eigenvalue weighted by Crippen LogP contribution is -2.31. The van der Waals surface area contributed by atoms with E-state index < -0.39 is 6.04 Å². The maximum absolute atomic E-state index is 13.5. The van der Waals surface area contributed by atoms with Crippen LogP contribution in [0.1, 0.15) is 18.1 Å².